The van der Waals surface area contributed by atoms with Gasteiger partial charge >= 0.3 is 5.97 Å². The van der Waals surface area contributed by atoms with Crippen molar-refractivity contribution in [2.24, 2.45) is 0 Å². The fraction of sp³-hybridized carbons (Fsp3) is 0.222. The first-order chi connectivity index (χ1) is 6.63. The van der Waals surface area contributed by atoms with Crippen molar-refractivity contribution in [3.05, 3.63) is 28.5 Å². The van der Waals surface area contributed by atoms with Crippen molar-refractivity contribution in [1.82, 2.24) is 0 Å². The average molecular weight is 262 g/mol. The van der Waals surface area contributed by atoms with Gasteiger partial charge in [-0.05, 0) is 34.1 Å². The molecule has 1 aromatic carbocycles. The minimum atomic E-state index is -0.374. The predicted octanol–water partition coefficient (Wildman–Crippen LogP) is 2.17. The number of hydrogen-bond donors (Lipinski definition) is 1. The normalized spacial score (nSPS) is 9.64. The lowest BCUT2D eigenvalue weighted by Gasteiger charge is -2.06. The average Bonchev–Trinajstić information content (AvgIpc) is 2.16. The van der Waals surface area contributed by atoms with Gasteiger partial charge in [0.25, 0.3) is 0 Å². The number of carbonyl (C=O) groups is 1. The van der Waals surface area contributed by atoms with Gasteiger partial charge in [-0.25, -0.2) is 4.39 Å². The Kier molecular flexibility index (Phi) is 3.88. The summed E-state index contributed by atoms with van der Waals surface area (Å²) < 4.78 is 17.7. The van der Waals surface area contributed by atoms with E-state index in [0.717, 1.165) is 0 Å². The molecule has 0 atom stereocenters. The Labute approximate surface area is 89.4 Å². The van der Waals surface area contributed by atoms with Gasteiger partial charge in [-0.15, -0.1) is 0 Å². The quantitative estimate of drug-likeness (QED) is 0.848. The lowest BCUT2D eigenvalue weighted by atomic mass is 10.3. The van der Waals surface area contributed by atoms with Crippen molar-refractivity contribution < 1.29 is 13.9 Å². The molecule has 1 N–H and O–H groups in total. The summed E-state index contributed by atoms with van der Waals surface area (Å²) in [6, 6.07) is 4.17. The third kappa shape index (κ3) is 2.99. The minimum Gasteiger partial charge on any atom is -0.468 e. The van der Waals surface area contributed by atoms with Gasteiger partial charge in [-0.3, -0.25) is 4.79 Å². The van der Waals surface area contributed by atoms with E-state index in [1.807, 2.05) is 0 Å². The summed E-state index contributed by atoms with van der Waals surface area (Å²) in [6.07, 6.45) is 0. The van der Waals surface area contributed by atoms with Crippen LogP contribution in [0.15, 0.2) is 22.7 Å². The maximum absolute atomic E-state index is 12.7. The molecular weight excluding hydrogens is 253 g/mol. The van der Waals surface area contributed by atoms with Crippen LogP contribution in [0.5, 0.6) is 0 Å². The monoisotopic (exact) mass is 261 g/mol. The molecule has 0 aromatic heterocycles. The second-order valence-electron chi connectivity index (χ2n) is 2.55. The Morgan fingerprint density at radius 2 is 2.36 bits per heavy atom. The number of benzene rings is 1. The molecular formula is C9H9BrFNO2. The van der Waals surface area contributed by atoms with E-state index < -0.39 is 0 Å². The van der Waals surface area contributed by atoms with Crippen LogP contribution < -0.4 is 5.32 Å². The van der Waals surface area contributed by atoms with Crippen LogP contribution >= 0.6 is 15.9 Å². The van der Waals surface area contributed by atoms with E-state index in [2.05, 4.69) is 26.0 Å². The molecule has 0 saturated carbocycles. The van der Waals surface area contributed by atoms with E-state index in [4.69, 9.17) is 0 Å². The summed E-state index contributed by atoms with van der Waals surface area (Å²) in [4.78, 5) is 10.8. The molecule has 0 aliphatic rings. The van der Waals surface area contributed by atoms with E-state index in [-0.39, 0.29) is 18.3 Å². The molecule has 1 aromatic rings. The van der Waals surface area contributed by atoms with Crippen LogP contribution in [0.3, 0.4) is 0 Å². The Balaban J connectivity index is 2.63. The smallest absolute Gasteiger partial charge is 0.325 e. The SMILES string of the molecule is COC(=O)CNc1ccc(F)cc1Br. The zero-order valence-electron chi connectivity index (χ0n) is 7.51. The number of methoxy groups -OCH3 is 1. The second kappa shape index (κ2) is 4.95. The van der Waals surface area contributed by atoms with Crippen LogP contribution in [0.1, 0.15) is 0 Å². The van der Waals surface area contributed by atoms with Crippen LogP contribution in [0.4, 0.5) is 10.1 Å². The lowest BCUT2D eigenvalue weighted by Crippen LogP contribution is -2.15. The van der Waals surface area contributed by atoms with Gasteiger partial charge in [-0.2, -0.15) is 0 Å². The predicted molar refractivity (Wildman–Crippen MR) is 54.6 cm³/mol. The zero-order valence-corrected chi connectivity index (χ0v) is 9.10. The van der Waals surface area contributed by atoms with Crippen molar-refractivity contribution >= 4 is 27.6 Å². The largest absolute Gasteiger partial charge is 0.468 e. The second-order valence-corrected chi connectivity index (χ2v) is 3.41. The Morgan fingerprint density at radius 1 is 1.64 bits per heavy atom. The topological polar surface area (TPSA) is 38.3 Å². The molecule has 0 aliphatic heterocycles. The van der Waals surface area contributed by atoms with Crippen LogP contribution in [0, 0.1) is 5.82 Å². The first kappa shape index (κ1) is 11.0. The fourth-order valence-electron chi connectivity index (χ4n) is 0.872. The Morgan fingerprint density at radius 3 is 2.93 bits per heavy atom. The highest BCUT2D eigenvalue weighted by Gasteiger charge is 2.03. The molecule has 0 amide bonds. The van der Waals surface area contributed by atoms with Gasteiger partial charge in [0.1, 0.15) is 12.4 Å². The van der Waals surface area contributed by atoms with Crippen molar-refractivity contribution in [3.8, 4) is 0 Å². The number of anilines is 1. The summed E-state index contributed by atoms with van der Waals surface area (Å²) in [7, 11) is 1.31. The minimum absolute atomic E-state index is 0.0563. The van der Waals surface area contributed by atoms with Crippen molar-refractivity contribution in [1.29, 1.82) is 0 Å². The molecule has 0 radical (unpaired) electrons. The fourth-order valence-corrected chi connectivity index (χ4v) is 1.36. The van der Waals surface area contributed by atoms with E-state index >= 15 is 0 Å². The molecule has 0 unspecified atom stereocenters. The highest BCUT2D eigenvalue weighted by Crippen LogP contribution is 2.22. The number of hydrogen-bond acceptors (Lipinski definition) is 3. The molecule has 0 spiro atoms. The maximum Gasteiger partial charge on any atom is 0.325 e. The molecule has 76 valence electrons. The number of ether oxygens (including phenoxy) is 1. The van der Waals surface area contributed by atoms with Crippen LogP contribution in [-0.4, -0.2) is 19.6 Å². The van der Waals surface area contributed by atoms with E-state index in [1.54, 1.807) is 6.07 Å². The molecule has 0 aliphatic carbocycles. The maximum atomic E-state index is 12.7. The molecule has 3 nitrogen and oxygen atoms in total. The zero-order chi connectivity index (χ0) is 10.6. The lowest BCUT2D eigenvalue weighted by molar-refractivity contribution is -0.138. The molecule has 5 heteroatoms. The van der Waals surface area contributed by atoms with Crippen LogP contribution in [0.2, 0.25) is 0 Å². The molecule has 14 heavy (non-hydrogen) atoms. The standard InChI is InChI=1S/C9H9BrFNO2/c1-14-9(13)5-12-8-3-2-6(11)4-7(8)10/h2-4,12H,5H2,1H3. The van der Waals surface area contributed by atoms with Crippen molar-refractivity contribution in [2.75, 3.05) is 19.0 Å². The first-order valence-corrected chi connectivity index (χ1v) is 4.68. The summed E-state index contributed by atoms with van der Waals surface area (Å²) in [6.45, 7) is 0.0563. The summed E-state index contributed by atoms with van der Waals surface area (Å²) in [5.74, 6) is -0.707. The van der Waals surface area contributed by atoms with Crippen molar-refractivity contribution in [3.63, 3.8) is 0 Å². The van der Waals surface area contributed by atoms with Gasteiger partial charge in [0.15, 0.2) is 0 Å². The van der Waals surface area contributed by atoms with Gasteiger partial charge in [0.2, 0.25) is 0 Å². The highest BCUT2D eigenvalue weighted by molar-refractivity contribution is 9.10. The molecule has 0 saturated heterocycles. The molecule has 0 heterocycles. The van der Waals surface area contributed by atoms with Gasteiger partial charge in [0, 0.05) is 10.2 Å². The third-order valence-corrected chi connectivity index (χ3v) is 2.24. The molecule has 1 rings (SSSR count). The van der Waals surface area contributed by atoms with Crippen LogP contribution in [-0.2, 0) is 9.53 Å². The highest BCUT2D eigenvalue weighted by atomic mass is 79.9. The molecule has 0 fully saturated rings. The summed E-state index contributed by atoms with van der Waals surface area (Å²) >= 11 is 3.16. The number of nitrogens with one attached hydrogen (secondary N) is 1. The summed E-state index contributed by atoms with van der Waals surface area (Å²) in [5.41, 5.74) is 0.650. The van der Waals surface area contributed by atoms with Crippen molar-refractivity contribution in [2.45, 2.75) is 0 Å². The van der Waals surface area contributed by atoms with Gasteiger partial charge in [0.05, 0.1) is 7.11 Å². The van der Waals surface area contributed by atoms with E-state index in [0.29, 0.717) is 10.2 Å². The van der Waals surface area contributed by atoms with E-state index in [1.165, 1.54) is 19.2 Å². The number of halogens is 2. The number of carbonyl (C=O) groups excluding carboxylic acids is 1. The Bertz CT molecular complexity index is 344. The number of rotatable bonds is 3. The summed E-state index contributed by atoms with van der Waals surface area (Å²) in [5, 5.41) is 2.80. The molecule has 0 bridgehead atoms. The Hall–Kier alpha value is -1.10. The van der Waals surface area contributed by atoms with Gasteiger partial charge in [-0.1, -0.05) is 0 Å². The van der Waals surface area contributed by atoms with E-state index in [9.17, 15) is 9.18 Å². The van der Waals surface area contributed by atoms with Gasteiger partial charge < -0.3 is 10.1 Å². The third-order valence-electron chi connectivity index (χ3n) is 1.58. The van der Waals surface area contributed by atoms with Crippen LogP contribution in [0.25, 0.3) is 0 Å². The first-order valence-electron chi connectivity index (χ1n) is 3.89. The number of esters is 1.